The highest BCUT2D eigenvalue weighted by molar-refractivity contribution is 9.09. The van der Waals surface area contributed by atoms with Crippen LogP contribution in [-0.4, -0.2) is 28.3 Å². The second-order valence-corrected chi connectivity index (χ2v) is 7.87. The van der Waals surface area contributed by atoms with Crippen molar-refractivity contribution in [1.82, 2.24) is 4.90 Å². The Morgan fingerprint density at radius 3 is 2.04 bits per heavy atom. The van der Waals surface area contributed by atoms with Crippen LogP contribution in [0.5, 0.6) is 0 Å². The maximum Gasteiger partial charge on any atom is 0.418 e. The summed E-state index contributed by atoms with van der Waals surface area (Å²) in [7, 11) is 0. The van der Waals surface area contributed by atoms with Crippen molar-refractivity contribution in [2.75, 3.05) is 5.33 Å². The van der Waals surface area contributed by atoms with Crippen molar-refractivity contribution in [1.29, 1.82) is 0 Å². The molecule has 2 aromatic carbocycles. The van der Waals surface area contributed by atoms with Crippen LogP contribution in [0, 0.1) is 5.92 Å². The molecule has 4 nitrogen and oxygen atoms in total. The highest BCUT2D eigenvalue weighted by Crippen LogP contribution is 2.47. The third-order valence-corrected chi connectivity index (χ3v) is 5.53. The fraction of sp³-hybridized carbons (Fsp3) is 0.364. The van der Waals surface area contributed by atoms with Crippen LogP contribution in [0.2, 0.25) is 0 Å². The number of rotatable bonds is 6. The summed E-state index contributed by atoms with van der Waals surface area (Å²) in [6, 6.07) is 19.0. The van der Waals surface area contributed by atoms with Crippen molar-refractivity contribution >= 4 is 27.9 Å². The van der Waals surface area contributed by atoms with Crippen LogP contribution in [0.3, 0.4) is 0 Å². The van der Waals surface area contributed by atoms with Gasteiger partial charge < -0.3 is 4.74 Å². The molecule has 0 radical (unpaired) electrons. The Labute approximate surface area is 168 Å². The van der Waals surface area contributed by atoms with Crippen LogP contribution >= 0.6 is 15.9 Å². The summed E-state index contributed by atoms with van der Waals surface area (Å²) >= 11 is 3.35. The second kappa shape index (κ2) is 8.26. The molecule has 0 N–H and O–H groups in total. The van der Waals surface area contributed by atoms with Gasteiger partial charge in [-0.25, -0.2) is 9.69 Å². The molecule has 0 spiro atoms. The first-order chi connectivity index (χ1) is 13.0. The molecule has 1 saturated heterocycles. The lowest BCUT2D eigenvalue weighted by atomic mass is 9.75. The average molecular weight is 430 g/mol. The number of carbonyl (C=O) groups is 2. The van der Waals surface area contributed by atoms with Crippen molar-refractivity contribution in [2.45, 2.75) is 38.3 Å². The Balaban J connectivity index is 2.18. The minimum Gasteiger partial charge on any atom is -0.430 e. The monoisotopic (exact) mass is 429 g/mol. The number of hydrogen-bond donors (Lipinski definition) is 0. The van der Waals surface area contributed by atoms with Gasteiger partial charge in [-0.1, -0.05) is 90.4 Å². The van der Waals surface area contributed by atoms with E-state index in [0.717, 1.165) is 16.5 Å². The number of cyclic esters (lactones) is 1. The van der Waals surface area contributed by atoms with Crippen LogP contribution < -0.4 is 0 Å². The fourth-order valence-corrected chi connectivity index (χ4v) is 4.18. The van der Waals surface area contributed by atoms with Gasteiger partial charge in [0.05, 0.1) is 6.04 Å². The van der Waals surface area contributed by atoms with E-state index in [4.69, 9.17) is 4.74 Å². The summed E-state index contributed by atoms with van der Waals surface area (Å²) < 4.78 is 6.06. The van der Waals surface area contributed by atoms with Crippen molar-refractivity contribution in [3.63, 3.8) is 0 Å². The molecule has 0 saturated carbocycles. The molecule has 1 fully saturated rings. The van der Waals surface area contributed by atoms with Gasteiger partial charge in [-0.2, -0.15) is 0 Å². The van der Waals surface area contributed by atoms with Gasteiger partial charge in [-0.3, -0.25) is 4.79 Å². The van der Waals surface area contributed by atoms with E-state index >= 15 is 0 Å². The summed E-state index contributed by atoms with van der Waals surface area (Å²) in [6.45, 7) is 4.05. The lowest BCUT2D eigenvalue weighted by Crippen LogP contribution is -2.49. The zero-order chi connectivity index (χ0) is 19.4. The van der Waals surface area contributed by atoms with E-state index < -0.39 is 17.7 Å². The Morgan fingerprint density at radius 2 is 1.59 bits per heavy atom. The number of alkyl halides is 1. The minimum absolute atomic E-state index is 0.0183. The first kappa shape index (κ1) is 19.6. The smallest absolute Gasteiger partial charge is 0.418 e. The molecule has 5 heteroatoms. The lowest BCUT2D eigenvalue weighted by Gasteiger charge is -2.37. The summed E-state index contributed by atoms with van der Waals surface area (Å²) in [5.74, 6) is -0.170. The van der Waals surface area contributed by atoms with Crippen molar-refractivity contribution < 1.29 is 14.3 Å². The summed E-state index contributed by atoms with van der Waals surface area (Å²) in [5, 5.41) is 0.719. The van der Waals surface area contributed by atoms with Gasteiger partial charge in [0.1, 0.15) is 0 Å². The highest BCUT2D eigenvalue weighted by Gasteiger charge is 2.59. The molecule has 2 aromatic rings. The second-order valence-electron chi connectivity index (χ2n) is 7.08. The van der Waals surface area contributed by atoms with Gasteiger partial charge >= 0.3 is 6.09 Å². The molecule has 0 unspecified atom stereocenters. The van der Waals surface area contributed by atoms with Crippen LogP contribution in [0.25, 0.3) is 0 Å². The molecule has 0 aliphatic carbocycles. The Kier molecular flexibility index (Phi) is 6.00. The fourth-order valence-electron chi connectivity index (χ4n) is 3.90. The quantitative estimate of drug-likeness (QED) is 0.599. The third kappa shape index (κ3) is 3.53. The molecule has 0 bridgehead atoms. The largest absolute Gasteiger partial charge is 0.430 e. The molecule has 0 aromatic heterocycles. The normalized spacial score (nSPS) is 18.6. The maximum atomic E-state index is 12.9. The molecule has 3 rings (SSSR count). The number of halogens is 1. The standard InChI is InChI=1S/C22H24BrNO3/c1-16(2)20-22(17-10-5-3-6-11-17,18-12-7-4-8-13-18)27-21(26)24(20)19(25)14-9-15-23/h3-8,10-13,16,20H,9,14-15H2,1-2H3/t20-/m1/s1. The molecule has 1 atom stereocenters. The third-order valence-electron chi connectivity index (χ3n) is 4.97. The topological polar surface area (TPSA) is 46.6 Å². The average Bonchev–Trinajstić information content (AvgIpc) is 3.02. The predicted octanol–water partition coefficient (Wildman–Crippen LogP) is 5.11. The van der Waals surface area contributed by atoms with Gasteiger partial charge in [0.2, 0.25) is 5.91 Å². The van der Waals surface area contributed by atoms with E-state index in [0.29, 0.717) is 12.8 Å². The van der Waals surface area contributed by atoms with Crippen molar-refractivity contribution in [3.05, 3.63) is 71.8 Å². The van der Waals surface area contributed by atoms with E-state index in [1.807, 2.05) is 74.5 Å². The molecule has 142 valence electrons. The molecule has 2 amide bonds. The predicted molar refractivity (Wildman–Crippen MR) is 109 cm³/mol. The Hall–Kier alpha value is -2.14. The van der Waals surface area contributed by atoms with Gasteiger partial charge in [0, 0.05) is 22.9 Å². The number of benzene rings is 2. The highest BCUT2D eigenvalue weighted by atomic mass is 79.9. The van der Waals surface area contributed by atoms with Crippen LogP contribution in [0.1, 0.15) is 37.8 Å². The number of imide groups is 1. The number of amides is 2. The van der Waals surface area contributed by atoms with E-state index in [1.54, 1.807) is 0 Å². The number of hydrogen-bond acceptors (Lipinski definition) is 3. The van der Waals surface area contributed by atoms with Gasteiger partial charge in [-0.05, 0) is 12.3 Å². The molecule has 1 heterocycles. The summed E-state index contributed by atoms with van der Waals surface area (Å²) in [4.78, 5) is 27.2. The molecule has 1 aliphatic rings. The Bertz CT molecular complexity index is 752. The summed E-state index contributed by atoms with van der Waals surface area (Å²) in [6.07, 6.45) is 0.418. The number of nitrogens with zero attached hydrogens (tertiary/aromatic N) is 1. The summed E-state index contributed by atoms with van der Waals surface area (Å²) in [5.41, 5.74) is 0.732. The van der Waals surface area contributed by atoms with Crippen LogP contribution in [0.4, 0.5) is 4.79 Å². The van der Waals surface area contributed by atoms with Crippen molar-refractivity contribution in [3.8, 4) is 0 Å². The molecule has 27 heavy (non-hydrogen) atoms. The van der Waals surface area contributed by atoms with Gasteiger partial charge in [0.15, 0.2) is 5.60 Å². The van der Waals surface area contributed by atoms with E-state index in [2.05, 4.69) is 15.9 Å². The molecule has 1 aliphatic heterocycles. The molecular weight excluding hydrogens is 406 g/mol. The maximum absolute atomic E-state index is 12.9. The van der Waals surface area contributed by atoms with Gasteiger partial charge in [-0.15, -0.1) is 0 Å². The Morgan fingerprint density at radius 1 is 1.07 bits per heavy atom. The van der Waals surface area contributed by atoms with E-state index in [9.17, 15) is 9.59 Å². The first-order valence-corrected chi connectivity index (χ1v) is 10.4. The van der Waals surface area contributed by atoms with E-state index in [1.165, 1.54) is 4.90 Å². The zero-order valence-corrected chi connectivity index (χ0v) is 17.2. The van der Waals surface area contributed by atoms with E-state index in [-0.39, 0.29) is 11.8 Å². The lowest BCUT2D eigenvalue weighted by molar-refractivity contribution is -0.130. The van der Waals surface area contributed by atoms with Gasteiger partial charge in [0.25, 0.3) is 0 Å². The van der Waals surface area contributed by atoms with Crippen LogP contribution in [0.15, 0.2) is 60.7 Å². The number of ether oxygens (including phenoxy) is 1. The molecular formula is C22H24BrNO3. The van der Waals surface area contributed by atoms with Crippen LogP contribution in [-0.2, 0) is 15.1 Å². The first-order valence-electron chi connectivity index (χ1n) is 9.24. The SMILES string of the molecule is CC(C)[C@H]1N(C(=O)CCCBr)C(=O)OC1(c1ccccc1)c1ccccc1. The number of carbonyl (C=O) groups excluding carboxylic acids is 2. The zero-order valence-electron chi connectivity index (χ0n) is 15.6. The van der Waals surface area contributed by atoms with Crippen molar-refractivity contribution in [2.24, 2.45) is 5.92 Å². The minimum atomic E-state index is -1.02.